The van der Waals surface area contributed by atoms with Gasteiger partial charge in [-0.15, -0.1) is 0 Å². The van der Waals surface area contributed by atoms with Crippen molar-refractivity contribution in [2.24, 2.45) is 5.92 Å². The minimum absolute atomic E-state index is 0.517. The summed E-state index contributed by atoms with van der Waals surface area (Å²) in [4.78, 5) is 2.54. The molecular weight excluding hydrogens is 260 g/mol. The van der Waals surface area contributed by atoms with Crippen molar-refractivity contribution in [3.8, 4) is 0 Å². The van der Waals surface area contributed by atoms with E-state index in [1.54, 1.807) is 7.11 Å². The minimum atomic E-state index is 0.517. The first kappa shape index (κ1) is 16.5. The summed E-state index contributed by atoms with van der Waals surface area (Å²) in [6.07, 6.45) is 3.97. The van der Waals surface area contributed by atoms with Crippen molar-refractivity contribution in [1.82, 2.24) is 10.2 Å². The highest BCUT2D eigenvalue weighted by molar-refractivity contribution is 5.26. The Morgan fingerprint density at radius 2 is 2.19 bits per heavy atom. The second kappa shape index (κ2) is 8.52. The first-order chi connectivity index (χ1) is 10.3. The molecule has 2 atom stereocenters. The Labute approximate surface area is 129 Å². The molecule has 1 aromatic carbocycles. The lowest BCUT2D eigenvalue weighted by molar-refractivity contribution is 0.181. The molecule has 1 fully saturated rings. The van der Waals surface area contributed by atoms with Crippen molar-refractivity contribution in [2.75, 3.05) is 33.8 Å². The van der Waals surface area contributed by atoms with Gasteiger partial charge in [-0.1, -0.05) is 37.6 Å². The maximum atomic E-state index is 5.29. The molecule has 0 bridgehead atoms. The van der Waals surface area contributed by atoms with Gasteiger partial charge in [0.1, 0.15) is 0 Å². The zero-order valence-corrected chi connectivity index (χ0v) is 13.8. The van der Waals surface area contributed by atoms with Crippen LogP contribution in [-0.4, -0.2) is 38.7 Å². The molecule has 1 aliphatic rings. The summed E-state index contributed by atoms with van der Waals surface area (Å²) in [6, 6.07) is 9.46. The van der Waals surface area contributed by atoms with Gasteiger partial charge in [0.25, 0.3) is 0 Å². The molecule has 0 aromatic heterocycles. The van der Waals surface area contributed by atoms with Crippen LogP contribution in [0.3, 0.4) is 0 Å². The lowest BCUT2D eigenvalue weighted by atomic mass is 9.88. The van der Waals surface area contributed by atoms with Gasteiger partial charge < -0.3 is 10.1 Å². The second-order valence-corrected chi connectivity index (χ2v) is 6.17. The lowest BCUT2D eigenvalue weighted by Crippen LogP contribution is -2.35. The van der Waals surface area contributed by atoms with E-state index in [1.807, 2.05) is 0 Å². The van der Waals surface area contributed by atoms with Gasteiger partial charge in [-0.2, -0.15) is 0 Å². The molecule has 2 rings (SSSR count). The van der Waals surface area contributed by atoms with E-state index >= 15 is 0 Å². The Kier molecular flexibility index (Phi) is 6.68. The van der Waals surface area contributed by atoms with E-state index in [1.165, 1.54) is 36.9 Å². The van der Waals surface area contributed by atoms with Crippen LogP contribution >= 0.6 is 0 Å². The van der Waals surface area contributed by atoms with E-state index < -0.39 is 0 Å². The van der Waals surface area contributed by atoms with E-state index in [4.69, 9.17) is 4.74 Å². The third-order valence-electron chi connectivity index (χ3n) is 4.52. The average Bonchev–Trinajstić information content (AvgIpc) is 2.67. The number of nitrogens with zero attached hydrogens (tertiary/aromatic N) is 1. The van der Waals surface area contributed by atoms with Crippen LogP contribution in [0.2, 0.25) is 0 Å². The zero-order valence-electron chi connectivity index (χ0n) is 13.8. The topological polar surface area (TPSA) is 24.5 Å². The molecule has 3 heteroatoms. The van der Waals surface area contributed by atoms with Crippen molar-refractivity contribution in [3.05, 3.63) is 35.4 Å². The molecular formula is C18H30N2O. The molecule has 0 aliphatic carbocycles. The van der Waals surface area contributed by atoms with Crippen LogP contribution in [-0.2, 0) is 11.3 Å². The van der Waals surface area contributed by atoms with Crippen LogP contribution in [0.1, 0.15) is 43.4 Å². The maximum Gasteiger partial charge on any atom is 0.0713 e. The van der Waals surface area contributed by atoms with E-state index in [9.17, 15) is 0 Å². The standard InChI is InChI=1S/C18H30N2O/c1-4-19-13-17-9-5-6-11-20(2)18(17)16-10-7-8-15(12-16)14-21-3/h7-8,10,12,17-19H,4-6,9,11,13-14H2,1-3H3. The Hall–Kier alpha value is -0.900. The number of methoxy groups -OCH3 is 1. The average molecular weight is 290 g/mol. The molecule has 1 N–H and O–H groups in total. The number of nitrogens with one attached hydrogen (secondary N) is 1. The van der Waals surface area contributed by atoms with Gasteiger partial charge >= 0.3 is 0 Å². The maximum absolute atomic E-state index is 5.29. The summed E-state index contributed by atoms with van der Waals surface area (Å²) in [5.74, 6) is 0.690. The van der Waals surface area contributed by atoms with Crippen molar-refractivity contribution >= 4 is 0 Å². The molecule has 1 heterocycles. The highest BCUT2D eigenvalue weighted by atomic mass is 16.5. The van der Waals surface area contributed by atoms with Gasteiger partial charge in [0.05, 0.1) is 6.61 Å². The minimum Gasteiger partial charge on any atom is -0.380 e. The quantitative estimate of drug-likeness (QED) is 0.870. The van der Waals surface area contributed by atoms with Crippen molar-refractivity contribution in [1.29, 1.82) is 0 Å². The highest BCUT2D eigenvalue weighted by Crippen LogP contribution is 2.34. The molecule has 1 aromatic rings. The predicted octanol–water partition coefficient (Wildman–Crippen LogP) is 3.22. The fourth-order valence-corrected chi connectivity index (χ4v) is 3.53. The molecule has 0 radical (unpaired) electrons. The molecule has 0 spiro atoms. The predicted molar refractivity (Wildman–Crippen MR) is 88.4 cm³/mol. The fourth-order valence-electron chi connectivity index (χ4n) is 3.53. The first-order valence-corrected chi connectivity index (χ1v) is 8.25. The van der Waals surface area contributed by atoms with E-state index in [0.29, 0.717) is 18.6 Å². The summed E-state index contributed by atoms with van der Waals surface area (Å²) >= 11 is 0. The van der Waals surface area contributed by atoms with Crippen LogP contribution in [0.4, 0.5) is 0 Å². The summed E-state index contributed by atoms with van der Waals surface area (Å²) in [5, 5.41) is 3.55. The fraction of sp³-hybridized carbons (Fsp3) is 0.667. The van der Waals surface area contributed by atoms with Gasteiger partial charge in [-0.25, -0.2) is 0 Å². The van der Waals surface area contributed by atoms with Gasteiger partial charge in [0.2, 0.25) is 0 Å². The van der Waals surface area contributed by atoms with Crippen molar-refractivity contribution < 1.29 is 4.74 Å². The number of hydrogen-bond acceptors (Lipinski definition) is 3. The van der Waals surface area contributed by atoms with Crippen LogP contribution in [0.15, 0.2) is 24.3 Å². The largest absolute Gasteiger partial charge is 0.380 e. The van der Waals surface area contributed by atoms with Crippen LogP contribution in [0, 0.1) is 5.92 Å². The van der Waals surface area contributed by atoms with Gasteiger partial charge in [-0.3, -0.25) is 4.90 Å². The third-order valence-corrected chi connectivity index (χ3v) is 4.52. The van der Waals surface area contributed by atoms with E-state index in [0.717, 1.165) is 13.1 Å². The Balaban J connectivity index is 2.22. The summed E-state index contributed by atoms with van der Waals surface area (Å²) < 4.78 is 5.29. The smallest absolute Gasteiger partial charge is 0.0713 e. The summed E-state index contributed by atoms with van der Waals surface area (Å²) in [5.41, 5.74) is 2.71. The molecule has 3 nitrogen and oxygen atoms in total. The van der Waals surface area contributed by atoms with Crippen LogP contribution in [0.5, 0.6) is 0 Å². The van der Waals surface area contributed by atoms with Crippen LogP contribution in [0.25, 0.3) is 0 Å². The highest BCUT2D eigenvalue weighted by Gasteiger charge is 2.28. The Morgan fingerprint density at radius 1 is 1.33 bits per heavy atom. The number of hydrogen-bond donors (Lipinski definition) is 1. The monoisotopic (exact) mass is 290 g/mol. The zero-order chi connectivity index (χ0) is 15.1. The number of ether oxygens (including phenoxy) is 1. The molecule has 1 aliphatic heterocycles. The second-order valence-electron chi connectivity index (χ2n) is 6.17. The molecule has 0 amide bonds. The van der Waals surface area contributed by atoms with Crippen LogP contribution < -0.4 is 5.32 Å². The normalized spacial score (nSPS) is 24.0. The third kappa shape index (κ3) is 4.53. The first-order valence-electron chi connectivity index (χ1n) is 8.25. The van der Waals surface area contributed by atoms with E-state index in [-0.39, 0.29) is 0 Å². The lowest BCUT2D eigenvalue weighted by Gasteiger charge is -2.33. The van der Waals surface area contributed by atoms with E-state index in [2.05, 4.69) is 48.5 Å². The Bertz CT molecular complexity index is 421. The summed E-state index contributed by atoms with van der Waals surface area (Å²) in [6.45, 7) is 6.25. The van der Waals surface area contributed by atoms with Gasteiger partial charge in [0.15, 0.2) is 0 Å². The number of benzene rings is 1. The van der Waals surface area contributed by atoms with Crippen molar-refractivity contribution in [2.45, 2.75) is 38.8 Å². The number of rotatable bonds is 6. The SMILES string of the molecule is CCNCC1CCCCN(C)C1c1cccc(COC)c1. The Morgan fingerprint density at radius 3 is 2.95 bits per heavy atom. The summed E-state index contributed by atoms with van der Waals surface area (Å²) in [7, 11) is 4.04. The molecule has 118 valence electrons. The van der Waals surface area contributed by atoms with Gasteiger partial charge in [0, 0.05) is 13.2 Å². The molecule has 21 heavy (non-hydrogen) atoms. The molecule has 1 saturated heterocycles. The molecule has 0 saturated carbocycles. The molecule has 2 unspecified atom stereocenters. The number of likely N-dealkylation sites (tertiary alicyclic amines) is 1. The van der Waals surface area contributed by atoms with Crippen molar-refractivity contribution in [3.63, 3.8) is 0 Å². The van der Waals surface area contributed by atoms with Gasteiger partial charge in [-0.05, 0) is 56.6 Å².